The van der Waals surface area contributed by atoms with Crippen molar-refractivity contribution in [1.29, 1.82) is 0 Å². The predicted molar refractivity (Wildman–Crippen MR) is 102 cm³/mol. The lowest BCUT2D eigenvalue weighted by atomic mass is 9.81. The molecule has 0 aromatic heterocycles. The van der Waals surface area contributed by atoms with E-state index in [1.54, 1.807) is 6.07 Å². The van der Waals surface area contributed by atoms with Crippen LogP contribution < -0.4 is 10.6 Å². The number of likely N-dealkylation sites (tertiary alicyclic amines) is 1. The van der Waals surface area contributed by atoms with Crippen LogP contribution in [-0.4, -0.2) is 41.5 Å². The van der Waals surface area contributed by atoms with E-state index < -0.39 is 11.3 Å². The van der Waals surface area contributed by atoms with E-state index in [4.69, 9.17) is 5.73 Å². The van der Waals surface area contributed by atoms with Gasteiger partial charge in [-0.25, -0.2) is 0 Å². The Morgan fingerprint density at radius 1 is 1.26 bits per heavy atom. The number of phenolic OH excluding ortho intramolecular Hbond substituents is 1. The van der Waals surface area contributed by atoms with Gasteiger partial charge in [0, 0.05) is 18.8 Å². The molecular formula is C21H23N3O3. The van der Waals surface area contributed by atoms with Crippen LogP contribution in [0.4, 0.5) is 5.69 Å². The van der Waals surface area contributed by atoms with E-state index in [1.165, 1.54) is 4.90 Å². The molecule has 2 heterocycles. The van der Waals surface area contributed by atoms with Crippen molar-refractivity contribution >= 4 is 17.5 Å². The molecule has 2 amide bonds. The standard InChI is InChI=1S/C21H23N3O3/c1-14-10-15(6-7-18(14)25)11-23-9-8-21(13-23)16-4-2-3-5-17(16)24(20(21)27)12-19(22)26/h2-7,10,25H,8-9,11-13H2,1H3,(H2,22,26). The SMILES string of the molecule is Cc1cc(CN2CCC3(C2)C(=O)N(CC(N)=O)c2ccccc23)ccc1O. The summed E-state index contributed by atoms with van der Waals surface area (Å²) in [6.07, 6.45) is 0.717. The molecule has 1 fully saturated rings. The maximum atomic E-state index is 13.3. The summed E-state index contributed by atoms with van der Waals surface area (Å²) in [4.78, 5) is 28.5. The van der Waals surface area contributed by atoms with E-state index >= 15 is 0 Å². The van der Waals surface area contributed by atoms with Gasteiger partial charge in [-0.05, 0) is 48.7 Å². The number of anilines is 1. The Morgan fingerprint density at radius 2 is 2.04 bits per heavy atom. The lowest BCUT2D eigenvalue weighted by molar-refractivity contribution is -0.125. The van der Waals surface area contributed by atoms with Gasteiger partial charge in [0.25, 0.3) is 0 Å². The fraction of sp³-hybridized carbons (Fsp3) is 0.333. The number of phenols is 1. The molecule has 1 atom stereocenters. The number of hydrogen-bond donors (Lipinski definition) is 2. The third-order valence-corrected chi connectivity index (χ3v) is 5.69. The van der Waals surface area contributed by atoms with Gasteiger partial charge in [-0.15, -0.1) is 0 Å². The zero-order chi connectivity index (χ0) is 19.2. The number of nitrogens with zero attached hydrogens (tertiary/aromatic N) is 2. The van der Waals surface area contributed by atoms with E-state index in [9.17, 15) is 14.7 Å². The quantitative estimate of drug-likeness (QED) is 0.863. The molecule has 0 saturated carbocycles. The van der Waals surface area contributed by atoms with E-state index in [-0.39, 0.29) is 12.5 Å². The van der Waals surface area contributed by atoms with Crippen LogP contribution in [0.2, 0.25) is 0 Å². The summed E-state index contributed by atoms with van der Waals surface area (Å²) in [7, 11) is 0. The highest BCUT2D eigenvalue weighted by Crippen LogP contribution is 2.47. The molecule has 2 aliphatic heterocycles. The van der Waals surface area contributed by atoms with Crippen LogP contribution in [0.3, 0.4) is 0 Å². The fourth-order valence-electron chi connectivity index (χ4n) is 4.40. The molecular weight excluding hydrogens is 342 g/mol. The summed E-state index contributed by atoms with van der Waals surface area (Å²) < 4.78 is 0. The largest absolute Gasteiger partial charge is 0.508 e. The van der Waals surface area contributed by atoms with Crippen LogP contribution in [0, 0.1) is 6.92 Å². The van der Waals surface area contributed by atoms with E-state index in [1.807, 2.05) is 43.3 Å². The molecule has 2 aromatic carbocycles. The lowest BCUT2D eigenvalue weighted by Gasteiger charge is -2.24. The number of rotatable bonds is 4. The Morgan fingerprint density at radius 3 is 2.78 bits per heavy atom. The third-order valence-electron chi connectivity index (χ3n) is 5.69. The molecule has 1 spiro atoms. The molecule has 4 rings (SSSR count). The highest BCUT2D eigenvalue weighted by atomic mass is 16.3. The summed E-state index contributed by atoms with van der Waals surface area (Å²) in [5.74, 6) is -0.254. The maximum absolute atomic E-state index is 13.3. The number of nitrogens with two attached hydrogens (primary N) is 1. The Kier molecular flexibility index (Phi) is 4.15. The van der Waals surface area contributed by atoms with Gasteiger partial charge in [-0.3, -0.25) is 14.5 Å². The van der Waals surface area contributed by atoms with Gasteiger partial charge >= 0.3 is 0 Å². The van der Waals surface area contributed by atoms with Crippen LogP contribution in [0.1, 0.15) is 23.1 Å². The molecule has 140 valence electrons. The second-order valence-electron chi connectivity index (χ2n) is 7.54. The predicted octanol–water partition coefficient (Wildman–Crippen LogP) is 1.68. The number of benzene rings is 2. The molecule has 6 heteroatoms. The van der Waals surface area contributed by atoms with E-state index in [2.05, 4.69) is 4.90 Å². The molecule has 0 radical (unpaired) electrons. The molecule has 1 unspecified atom stereocenters. The normalized spacial score (nSPS) is 21.8. The van der Waals surface area contributed by atoms with E-state index in [0.717, 1.165) is 35.3 Å². The van der Waals surface area contributed by atoms with Gasteiger partial charge in [0.15, 0.2) is 0 Å². The van der Waals surface area contributed by atoms with Crippen LogP contribution in [0.25, 0.3) is 0 Å². The van der Waals surface area contributed by atoms with Crippen LogP contribution in [0.15, 0.2) is 42.5 Å². The summed E-state index contributed by atoms with van der Waals surface area (Å²) in [6, 6.07) is 13.3. The molecule has 2 aromatic rings. The van der Waals surface area contributed by atoms with Gasteiger partial charge in [-0.2, -0.15) is 0 Å². The van der Waals surface area contributed by atoms with Crippen molar-refractivity contribution in [3.63, 3.8) is 0 Å². The maximum Gasteiger partial charge on any atom is 0.239 e. The number of carbonyl (C=O) groups is 2. The Bertz CT molecular complexity index is 927. The van der Waals surface area contributed by atoms with Crippen molar-refractivity contribution < 1.29 is 14.7 Å². The summed E-state index contributed by atoms with van der Waals surface area (Å²) in [6.45, 7) is 3.91. The summed E-state index contributed by atoms with van der Waals surface area (Å²) in [5, 5.41) is 9.72. The first-order valence-electron chi connectivity index (χ1n) is 9.11. The van der Waals surface area contributed by atoms with Crippen molar-refractivity contribution in [2.75, 3.05) is 24.5 Å². The monoisotopic (exact) mass is 365 g/mol. The van der Waals surface area contributed by atoms with Gasteiger partial charge in [0.05, 0.1) is 5.41 Å². The van der Waals surface area contributed by atoms with Gasteiger partial charge in [0.2, 0.25) is 11.8 Å². The zero-order valence-electron chi connectivity index (χ0n) is 15.3. The minimum absolute atomic E-state index is 0.0353. The minimum atomic E-state index is -0.613. The highest BCUT2D eigenvalue weighted by Gasteiger charge is 2.54. The van der Waals surface area contributed by atoms with Crippen LogP contribution in [0.5, 0.6) is 5.75 Å². The Hall–Kier alpha value is -2.86. The Labute approximate surface area is 158 Å². The first kappa shape index (κ1) is 17.5. The molecule has 1 saturated heterocycles. The second kappa shape index (κ2) is 6.39. The van der Waals surface area contributed by atoms with Gasteiger partial charge < -0.3 is 15.7 Å². The number of aryl methyl sites for hydroxylation is 1. The Balaban J connectivity index is 1.61. The van der Waals surface area contributed by atoms with Crippen molar-refractivity contribution in [3.05, 3.63) is 59.2 Å². The fourth-order valence-corrected chi connectivity index (χ4v) is 4.40. The first-order valence-corrected chi connectivity index (χ1v) is 9.11. The van der Waals surface area contributed by atoms with Crippen LogP contribution >= 0.6 is 0 Å². The van der Waals surface area contributed by atoms with E-state index in [0.29, 0.717) is 18.8 Å². The number of amides is 2. The highest BCUT2D eigenvalue weighted by molar-refractivity contribution is 6.11. The van der Waals surface area contributed by atoms with Gasteiger partial charge in [-0.1, -0.05) is 30.3 Å². The molecule has 0 aliphatic carbocycles. The van der Waals surface area contributed by atoms with Crippen molar-refractivity contribution in [3.8, 4) is 5.75 Å². The molecule has 2 aliphatic rings. The van der Waals surface area contributed by atoms with Gasteiger partial charge in [0.1, 0.15) is 12.3 Å². The molecule has 3 N–H and O–H groups in total. The zero-order valence-corrected chi connectivity index (χ0v) is 15.3. The number of para-hydroxylation sites is 1. The van der Waals surface area contributed by atoms with Crippen molar-refractivity contribution in [2.45, 2.75) is 25.3 Å². The topological polar surface area (TPSA) is 86.9 Å². The molecule has 0 bridgehead atoms. The number of fused-ring (bicyclic) bond motifs is 2. The second-order valence-corrected chi connectivity index (χ2v) is 7.54. The van der Waals surface area contributed by atoms with Crippen LogP contribution in [-0.2, 0) is 21.5 Å². The summed E-state index contributed by atoms with van der Waals surface area (Å²) >= 11 is 0. The minimum Gasteiger partial charge on any atom is -0.508 e. The number of hydrogen-bond acceptors (Lipinski definition) is 4. The number of carbonyl (C=O) groups excluding carboxylic acids is 2. The average Bonchev–Trinajstić information content (AvgIpc) is 3.15. The number of primary amides is 1. The number of aromatic hydroxyl groups is 1. The summed E-state index contributed by atoms with van der Waals surface area (Å²) in [5.41, 5.74) is 8.49. The lowest BCUT2D eigenvalue weighted by Crippen LogP contribution is -2.45. The smallest absolute Gasteiger partial charge is 0.239 e. The first-order chi connectivity index (χ1) is 12.9. The third kappa shape index (κ3) is 2.86. The average molecular weight is 365 g/mol. The molecule has 27 heavy (non-hydrogen) atoms. The van der Waals surface area contributed by atoms with Crippen molar-refractivity contribution in [2.24, 2.45) is 5.73 Å². The van der Waals surface area contributed by atoms with Crippen molar-refractivity contribution in [1.82, 2.24) is 4.90 Å². The molecule has 6 nitrogen and oxygen atoms in total.